The second-order valence-corrected chi connectivity index (χ2v) is 11.6. The maximum atomic E-state index is 6.54. The van der Waals surface area contributed by atoms with Crippen LogP contribution in [0.3, 0.4) is 0 Å². The van der Waals surface area contributed by atoms with Crippen LogP contribution < -0.4 is 4.90 Å². The van der Waals surface area contributed by atoms with Crippen LogP contribution in [0.15, 0.2) is 174 Å². The van der Waals surface area contributed by atoms with E-state index >= 15 is 0 Å². The smallest absolute Gasteiger partial charge is 0.227 e. The minimum absolute atomic E-state index is 0.631. The molecule has 0 spiro atoms. The SMILES string of the molecule is c1ccc(-c2cc(N(c3ccccc3)c3ccc4ccc5ccc6nc(-c7ccccc7)oc6c5c4c3)c3ccccc3c2)cc1. The molecule has 0 unspecified atom stereocenters. The van der Waals surface area contributed by atoms with Gasteiger partial charge in [-0.3, -0.25) is 0 Å². The first kappa shape index (κ1) is 26.2. The lowest BCUT2D eigenvalue weighted by Crippen LogP contribution is -2.10. The van der Waals surface area contributed by atoms with Gasteiger partial charge >= 0.3 is 0 Å². The molecule has 0 saturated heterocycles. The molecule has 0 N–H and O–H groups in total. The van der Waals surface area contributed by atoms with Crippen LogP contribution in [0.5, 0.6) is 0 Å². The molecule has 0 saturated carbocycles. The van der Waals surface area contributed by atoms with Gasteiger partial charge < -0.3 is 9.32 Å². The van der Waals surface area contributed by atoms with Crippen LogP contribution in [0.4, 0.5) is 17.1 Å². The van der Waals surface area contributed by atoms with Crippen molar-refractivity contribution in [1.29, 1.82) is 0 Å². The monoisotopic (exact) mass is 588 g/mol. The van der Waals surface area contributed by atoms with Crippen LogP contribution >= 0.6 is 0 Å². The summed E-state index contributed by atoms with van der Waals surface area (Å²) in [4.78, 5) is 7.27. The molecular weight excluding hydrogens is 560 g/mol. The Bertz CT molecular complexity index is 2520. The van der Waals surface area contributed by atoms with Crippen LogP contribution in [0.25, 0.3) is 66.0 Å². The van der Waals surface area contributed by atoms with Crippen molar-refractivity contribution in [2.45, 2.75) is 0 Å². The summed E-state index contributed by atoms with van der Waals surface area (Å²) in [6.07, 6.45) is 0. The fourth-order valence-corrected chi connectivity index (χ4v) is 6.63. The van der Waals surface area contributed by atoms with E-state index in [1.54, 1.807) is 0 Å². The number of anilines is 3. The molecule has 0 amide bonds. The normalized spacial score (nSPS) is 11.5. The molecule has 0 bridgehead atoms. The lowest BCUT2D eigenvalue weighted by Gasteiger charge is -2.28. The van der Waals surface area contributed by atoms with Crippen molar-refractivity contribution in [3.63, 3.8) is 0 Å². The van der Waals surface area contributed by atoms with E-state index in [2.05, 4.69) is 144 Å². The van der Waals surface area contributed by atoms with E-state index in [-0.39, 0.29) is 0 Å². The summed E-state index contributed by atoms with van der Waals surface area (Å²) in [6, 6.07) is 59.9. The third-order valence-electron chi connectivity index (χ3n) is 8.82. The number of benzene rings is 8. The zero-order chi connectivity index (χ0) is 30.5. The second-order valence-electron chi connectivity index (χ2n) is 11.6. The van der Waals surface area contributed by atoms with Crippen molar-refractivity contribution < 1.29 is 4.42 Å². The lowest BCUT2D eigenvalue weighted by molar-refractivity contribution is 0.623. The van der Waals surface area contributed by atoms with Gasteiger partial charge in [0.2, 0.25) is 5.89 Å². The van der Waals surface area contributed by atoms with Gasteiger partial charge in [-0.1, -0.05) is 115 Å². The van der Waals surface area contributed by atoms with Crippen molar-refractivity contribution in [2.24, 2.45) is 0 Å². The molecule has 9 rings (SSSR count). The van der Waals surface area contributed by atoms with E-state index in [0.29, 0.717) is 5.89 Å². The highest BCUT2D eigenvalue weighted by Crippen LogP contribution is 2.43. The largest absolute Gasteiger partial charge is 0.435 e. The number of aromatic nitrogens is 1. The Morgan fingerprint density at radius 1 is 0.435 bits per heavy atom. The highest BCUT2D eigenvalue weighted by molar-refractivity contribution is 6.19. The summed E-state index contributed by atoms with van der Waals surface area (Å²) in [6.45, 7) is 0. The topological polar surface area (TPSA) is 29.3 Å². The lowest BCUT2D eigenvalue weighted by atomic mass is 9.97. The average Bonchev–Trinajstić information content (AvgIpc) is 3.57. The molecule has 216 valence electrons. The number of fused-ring (bicyclic) bond motifs is 6. The van der Waals surface area contributed by atoms with Gasteiger partial charge in [0, 0.05) is 27.7 Å². The van der Waals surface area contributed by atoms with Crippen LogP contribution in [0.2, 0.25) is 0 Å². The fraction of sp³-hybridized carbons (Fsp3) is 0. The van der Waals surface area contributed by atoms with Gasteiger partial charge in [0.15, 0.2) is 5.58 Å². The minimum Gasteiger partial charge on any atom is -0.435 e. The van der Waals surface area contributed by atoms with Crippen LogP contribution in [0.1, 0.15) is 0 Å². The zero-order valence-corrected chi connectivity index (χ0v) is 25.0. The molecule has 1 aromatic heterocycles. The molecule has 9 aromatic rings. The van der Waals surface area contributed by atoms with Crippen LogP contribution in [0, 0.1) is 0 Å². The van der Waals surface area contributed by atoms with E-state index in [1.165, 1.54) is 21.9 Å². The first-order chi connectivity index (χ1) is 22.8. The van der Waals surface area contributed by atoms with E-state index in [0.717, 1.165) is 55.3 Å². The highest BCUT2D eigenvalue weighted by atomic mass is 16.3. The first-order valence-corrected chi connectivity index (χ1v) is 15.5. The van der Waals surface area contributed by atoms with E-state index in [4.69, 9.17) is 9.40 Å². The predicted octanol–water partition coefficient (Wildman–Crippen LogP) is 12.1. The minimum atomic E-state index is 0.631. The van der Waals surface area contributed by atoms with Gasteiger partial charge in [0.05, 0.1) is 5.69 Å². The molecule has 3 heteroatoms. The fourth-order valence-electron chi connectivity index (χ4n) is 6.63. The molecular formula is C43H28N2O. The highest BCUT2D eigenvalue weighted by Gasteiger charge is 2.19. The number of oxazole rings is 1. The molecule has 0 aliphatic rings. The summed E-state index contributed by atoms with van der Waals surface area (Å²) < 4.78 is 6.54. The quantitative estimate of drug-likeness (QED) is 0.187. The van der Waals surface area contributed by atoms with Gasteiger partial charge in [0.1, 0.15) is 5.52 Å². The molecule has 8 aromatic carbocycles. The first-order valence-electron chi connectivity index (χ1n) is 15.5. The van der Waals surface area contributed by atoms with Crippen molar-refractivity contribution in [3.05, 3.63) is 170 Å². The number of hydrogen-bond acceptors (Lipinski definition) is 3. The second kappa shape index (κ2) is 10.8. The summed E-state index contributed by atoms with van der Waals surface area (Å²) in [5.74, 6) is 0.631. The zero-order valence-electron chi connectivity index (χ0n) is 25.0. The predicted molar refractivity (Wildman–Crippen MR) is 192 cm³/mol. The summed E-state index contributed by atoms with van der Waals surface area (Å²) in [5, 5.41) is 6.85. The Morgan fingerprint density at radius 2 is 1.09 bits per heavy atom. The molecule has 0 aliphatic carbocycles. The Hall–Kier alpha value is -6.19. The summed E-state index contributed by atoms with van der Waals surface area (Å²) in [7, 11) is 0. The molecule has 0 radical (unpaired) electrons. The van der Waals surface area contributed by atoms with Crippen molar-refractivity contribution in [3.8, 4) is 22.6 Å². The molecule has 3 nitrogen and oxygen atoms in total. The van der Waals surface area contributed by atoms with Gasteiger partial charge in [0.25, 0.3) is 0 Å². The third-order valence-corrected chi connectivity index (χ3v) is 8.82. The Balaban J connectivity index is 1.32. The third kappa shape index (κ3) is 4.41. The number of rotatable bonds is 5. The van der Waals surface area contributed by atoms with E-state index < -0.39 is 0 Å². The summed E-state index contributed by atoms with van der Waals surface area (Å²) in [5.41, 5.74) is 8.28. The molecule has 0 fully saturated rings. The molecule has 1 heterocycles. The van der Waals surface area contributed by atoms with E-state index in [9.17, 15) is 0 Å². The maximum absolute atomic E-state index is 6.54. The number of para-hydroxylation sites is 1. The summed E-state index contributed by atoms with van der Waals surface area (Å²) >= 11 is 0. The number of nitrogens with zero attached hydrogens (tertiary/aromatic N) is 2. The van der Waals surface area contributed by atoms with Crippen LogP contribution in [-0.2, 0) is 0 Å². The molecule has 0 aliphatic heterocycles. The van der Waals surface area contributed by atoms with Crippen molar-refractivity contribution in [1.82, 2.24) is 4.98 Å². The Kier molecular flexibility index (Phi) is 6.14. The van der Waals surface area contributed by atoms with Gasteiger partial charge in [-0.25, -0.2) is 4.98 Å². The van der Waals surface area contributed by atoms with Gasteiger partial charge in [-0.2, -0.15) is 0 Å². The molecule has 46 heavy (non-hydrogen) atoms. The molecule has 0 atom stereocenters. The number of hydrogen-bond donors (Lipinski definition) is 0. The average molecular weight is 589 g/mol. The van der Waals surface area contributed by atoms with Gasteiger partial charge in [-0.05, 0) is 87.3 Å². The Labute approximate surface area is 266 Å². The standard InChI is InChI=1S/C43H28N2O/c1-4-12-29(13-5-1)34-26-33-16-10-11-19-37(33)40(27-34)45(35-17-8-3-9-18-35)36-24-22-30-20-21-31-23-25-39-42(41(31)38(30)28-36)46-43(44-39)32-14-6-2-7-15-32/h1-28H. The maximum Gasteiger partial charge on any atom is 0.227 e. The van der Waals surface area contributed by atoms with Crippen molar-refractivity contribution in [2.75, 3.05) is 4.90 Å². The Morgan fingerprint density at radius 3 is 1.89 bits per heavy atom. The van der Waals surface area contributed by atoms with Gasteiger partial charge in [-0.15, -0.1) is 0 Å². The van der Waals surface area contributed by atoms with E-state index in [1.807, 2.05) is 30.3 Å². The van der Waals surface area contributed by atoms with Crippen molar-refractivity contribution >= 4 is 60.5 Å². The van der Waals surface area contributed by atoms with Crippen LogP contribution in [-0.4, -0.2) is 4.98 Å².